The summed E-state index contributed by atoms with van der Waals surface area (Å²) in [6.45, 7) is 4.11. The summed E-state index contributed by atoms with van der Waals surface area (Å²) >= 11 is 0. The summed E-state index contributed by atoms with van der Waals surface area (Å²) in [5.41, 5.74) is 2.27. The molecule has 0 unspecified atom stereocenters. The SMILES string of the molecule is COc1ccc(-c2cn3cc(C(F)(F)F)ccc3n2)cc1C(C)C. The van der Waals surface area contributed by atoms with Gasteiger partial charge in [-0.25, -0.2) is 4.98 Å². The standard InChI is InChI=1S/C18H17F3N2O/c1-11(2)14-8-12(4-6-16(14)24-3)15-10-23-9-13(18(19,20)21)5-7-17(23)22-15/h4-11H,1-3H3. The number of rotatable bonds is 3. The van der Waals surface area contributed by atoms with Crippen LogP contribution in [0.25, 0.3) is 16.9 Å². The Morgan fingerprint density at radius 1 is 1.08 bits per heavy atom. The highest BCUT2D eigenvalue weighted by atomic mass is 19.4. The molecule has 0 aliphatic rings. The first-order valence-electron chi connectivity index (χ1n) is 7.54. The van der Waals surface area contributed by atoms with E-state index >= 15 is 0 Å². The molecular formula is C18H17F3N2O. The second-order valence-electron chi connectivity index (χ2n) is 5.92. The lowest BCUT2D eigenvalue weighted by Gasteiger charge is -2.12. The molecule has 0 saturated heterocycles. The average molecular weight is 334 g/mol. The predicted molar refractivity (Wildman–Crippen MR) is 86.3 cm³/mol. The van der Waals surface area contributed by atoms with Crippen LogP contribution in [0.5, 0.6) is 5.75 Å². The minimum absolute atomic E-state index is 0.258. The van der Waals surface area contributed by atoms with E-state index in [1.807, 2.05) is 18.2 Å². The number of aromatic nitrogens is 2. The Bertz CT molecular complexity index is 882. The van der Waals surface area contributed by atoms with Crippen LogP contribution in [0.1, 0.15) is 30.9 Å². The van der Waals surface area contributed by atoms with E-state index in [0.717, 1.165) is 29.1 Å². The number of hydrogen-bond donors (Lipinski definition) is 0. The van der Waals surface area contributed by atoms with Gasteiger partial charge in [0.05, 0.1) is 18.4 Å². The van der Waals surface area contributed by atoms with Crippen LogP contribution in [0.3, 0.4) is 0 Å². The van der Waals surface area contributed by atoms with E-state index in [9.17, 15) is 13.2 Å². The third-order valence-corrected chi connectivity index (χ3v) is 3.93. The highest BCUT2D eigenvalue weighted by Gasteiger charge is 2.30. The summed E-state index contributed by atoms with van der Waals surface area (Å²) in [5.74, 6) is 1.05. The fraction of sp³-hybridized carbons (Fsp3) is 0.278. The zero-order valence-electron chi connectivity index (χ0n) is 13.6. The molecule has 0 amide bonds. The molecule has 3 nitrogen and oxygen atoms in total. The smallest absolute Gasteiger partial charge is 0.417 e. The van der Waals surface area contributed by atoms with Gasteiger partial charge in [-0.2, -0.15) is 13.2 Å². The molecule has 3 aromatic rings. The number of halogens is 3. The number of ether oxygens (including phenoxy) is 1. The molecule has 0 radical (unpaired) electrons. The number of nitrogens with zero attached hydrogens (tertiary/aromatic N) is 2. The highest BCUT2D eigenvalue weighted by Crippen LogP contribution is 2.32. The molecule has 0 aliphatic heterocycles. The van der Waals surface area contributed by atoms with E-state index in [1.54, 1.807) is 13.3 Å². The van der Waals surface area contributed by atoms with Gasteiger partial charge in [0.25, 0.3) is 0 Å². The minimum Gasteiger partial charge on any atom is -0.496 e. The van der Waals surface area contributed by atoms with E-state index in [4.69, 9.17) is 4.74 Å². The summed E-state index contributed by atoms with van der Waals surface area (Å²) in [6, 6.07) is 8.10. The van der Waals surface area contributed by atoms with Crippen molar-refractivity contribution in [3.05, 3.63) is 53.9 Å². The maximum atomic E-state index is 12.8. The average Bonchev–Trinajstić information content (AvgIpc) is 2.96. The first kappa shape index (κ1) is 16.4. The van der Waals surface area contributed by atoms with Crippen LogP contribution in [0.2, 0.25) is 0 Å². The summed E-state index contributed by atoms with van der Waals surface area (Å²) in [5, 5.41) is 0. The number of fused-ring (bicyclic) bond motifs is 1. The molecule has 3 rings (SSSR count). The van der Waals surface area contributed by atoms with Gasteiger partial charge < -0.3 is 9.14 Å². The Morgan fingerprint density at radius 2 is 1.83 bits per heavy atom. The number of methoxy groups -OCH3 is 1. The second-order valence-corrected chi connectivity index (χ2v) is 5.92. The molecule has 0 bridgehead atoms. The monoisotopic (exact) mass is 334 g/mol. The van der Waals surface area contributed by atoms with Crippen molar-refractivity contribution in [3.8, 4) is 17.0 Å². The van der Waals surface area contributed by atoms with Crippen LogP contribution in [-0.4, -0.2) is 16.5 Å². The summed E-state index contributed by atoms with van der Waals surface area (Å²) in [4.78, 5) is 4.42. The van der Waals surface area contributed by atoms with Crippen LogP contribution < -0.4 is 4.74 Å². The zero-order chi connectivity index (χ0) is 17.5. The predicted octanol–water partition coefficient (Wildman–Crippen LogP) is 5.15. The zero-order valence-corrected chi connectivity index (χ0v) is 13.6. The molecule has 6 heteroatoms. The quantitative estimate of drug-likeness (QED) is 0.662. The molecule has 24 heavy (non-hydrogen) atoms. The van der Waals surface area contributed by atoms with Crippen molar-refractivity contribution >= 4 is 5.65 Å². The van der Waals surface area contributed by atoms with Gasteiger partial charge in [-0.05, 0) is 41.8 Å². The van der Waals surface area contributed by atoms with Crippen LogP contribution in [0.15, 0.2) is 42.7 Å². The van der Waals surface area contributed by atoms with Gasteiger partial charge in [0.15, 0.2) is 0 Å². The van der Waals surface area contributed by atoms with Crippen LogP contribution in [0.4, 0.5) is 13.2 Å². The lowest BCUT2D eigenvalue weighted by atomic mass is 9.98. The Hall–Kier alpha value is -2.50. The molecule has 2 aromatic heterocycles. The van der Waals surface area contributed by atoms with Crippen molar-refractivity contribution in [2.75, 3.05) is 7.11 Å². The minimum atomic E-state index is -4.37. The largest absolute Gasteiger partial charge is 0.496 e. The Labute approximate surface area is 137 Å². The van der Waals surface area contributed by atoms with E-state index < -0.39 is 11.7 Å². The molecule has 0 atom stereocenters. The van der Waals surface area contributed by atoms with Gasteiger partial charge in [0.2, 0.25) is 0 Å². The normalized spacial score (nSPS) is 12.1. The van der Waals surface area contributed by atoms with Crippen LogP contribution in [-0.2, 0) is 6.18 Å². The third-order valence-electron chi connectivity index (χ3n) is 3.93. The van der Waals surface area contributed by atoms with E-state index in [1.165, 1.54) is 10.5 Å². The lowest BCUT2D eigenvalue weighted by Crippen LogP contribution is -2.05. The fourth-order valence-corrected chi connectivity index (χ4v) is 2.64. The van der Waals surface area contributed by atoms with Gasteiger partial charge in [-0.1, -0.05) is 13.8 Å². The molecule has 0 N–H and O–H groups in total. The first-order valence-corrected chi connectivity index (χ1v) is 7.54. The second kappa shape index (κ2) is 5.85. The van der Waals surface area contributed by atoms with Gasteiger partial charge in [-0.15, -0.1) is 0 Å². The van der Waals surface area contributed by atoms with Gasteiger partial charge in [0.1, 0.15) is 11.4 Å². The maximum Gasteiger partial charge on any atom is 0.417 e. The Kier molecular flexibility index (Phi) is 3.99. The summed E-state index contributed by atoms with van der Waals surface area (Å²) < 4.78 is 45.2. The molecule has 0 spiro atoms. The fourth-order valence-electron chi connectivity index (χ4n) is 2.64. The lowest BCUT2D eigenvalue weighted by molar-refractivity contribution is -0.137. The van der Waals surface area contributed by atoms with Crippen molar-refractivity contribution in [1.82, 2.24) is 9.38 Å². The van der Waals surface area contributed by atoms with Crippen molar-refractivity contribution in [3.63, 3.8) is 0 Å². The Morgan fingerprint density at radius 3 is 2.46 bits per heavy atom. The Balaban J connectivity index is 2.08. The van der Waals surface area contributed by atoms with Crippen molar-refractivity contribution < 1.29 is 17.9 Å². The van der Waals surface area contributed by atoms with Crippen LogP contribution in [0, 0.1) is 0 Å². The van der Waals surface area contributed by atoms with Crippen LogP contribution >= 0.6 is 0 Å². The number of hydrogen-bond acceptors (Lipinski definition) is 2. The van der Waals surface area contributed by atoms with Gasteiger partial charge in [0, 0.05) is 18.0 Å². The highest BCUT2D eigenvalue weighted by molar-refractivity contribution is 5.65. The first-order chi connectivity index (χ1) is 11.3. The van der Waals surface area contributed by atoms with E-state index in [2.05, 4.69) is 18.8 Å². The van der Waals surface area contributed by atoms with Gasteiger partial charge in [-0.3, -0.25) is 0 Å². The molecule has 0 aliphatic carbocycles. The third kappa shape index (κ3) is 2.96. The molecule has 2 heterocycles. The summed E-state index contributed by atoms with van der Waals surface area (Å²) in [6.07, 6.45) is -1.71. The van der Waals surface area contributed by atoms with E-state index in [-0.39, 0.29) is 5.92 Å². The molecular weight excluding hydrogens is 317 g/mol. The summed E-state index contributed by atoms with van der Waals surface area (Å²) in [7, 11) is 1.62. The molecule has 126 valence electrons. The number of benzene rings is 1. The number of alkyl halides is 3. The maximum absolute atomic E-state index is 12.8. The van der Waals surface area contributed by atoms with E-state index in [0.29, 0.717) is 11.3 Å². The topological polar surface area (TPSA) is 26.5 Å². The van der Waals surface area contributed by atoms with Crippen molar-refractivity contribution in [2.24, 2.45) is 0 Å². The molecule has 0 saturated carbocycles. The number of pyridine rings is 1. The molecule has 0 fully saturated rings. The number of imidazole rings is 1. The van der Waals surface area contributed by atoms with Crippen molar-refractivity contribution in [2.45, 2.75) is 25.9 Å². The molecule has 1 aromatic carbocycles. The van der Waals surface area contributed by atoms with Crippen molar-refractivity contribution in [1.29, 1.82) is 0 Å². The van der Waals surface area contributed by atoms with Gasteiger partial charge >= 0.3 is 6.18 Å².